The second-order valence-electron chi connectivity index (χ2n) is 5.15. The van der Waals surface area contributed by atoms with Crippen molar-refractivity contribution in [3.63, 3.8) is 0 Å². The second kappa shape index (κ2) is 6.21. The lowest BCUT2D eigenvalue weighted by molar-refractivity contribution is 0.380. The molecule has 0 aliphatic carbocycles. The smallest absolute Gasteiger partial charge is 0.246 e. The summed E-state index contributed by atoms with van der Waals surface area (Å²) in [5, 5.41) is 0. The SMILES string of the molecule is O=S(=O)(c1cccc(F)c1F)N1CCN(c2ccncc2)CC1. The highest BCUT2D eigenvalue weighted by Crippen LogP contribution is 2.23. The first-order valence-corrected chi connectivity index (χ1v) is 8.53. The summed E-state index contributed by atoms with van der Waals surface area (Å²) < 4.78 is 53.3. The standard InChI is InChI=1S/C15H15F2N3O2S/c16-13-2-1-3-14(15(13)17)23(21,22)20-10-8-19(9-11-20)12-4-6-18-7-5-12/h1-7H,8-11H2. The lowest BCUT2D eigenvalue weighted by Crippen LogP contribution is -2.48. The van der Waals surface area contributed by atoms with Crippen LogP contribution in [0.4, 0.5) is 14.5 Å². The fraction of sp³-hybridized carbons (Fsp3) is 0.267. The van der Waals surface area contributed by atoms with Gasteiger partial charge in [0, 0.05) is 44.3 Å². The normalized spacial score (nSPS) is 16.5. The van der Waals surface area contributed by atoms with Crippen molar-refractivity contribution in [3.8, 4) is 0 Å². The van der Waals surface area contributed by atoms with E-state index in [1.807, 2.05) is 17.0 Å². The quantitative estimate of drug-likeness (QED) is 0.857. The van der Waals surface area contributed by atoms with Gasteiger partial charge in [0.25, 0.3) is 0 Å². The first kappa shape index (κ1) is 15.8. The maximum atomic E-state index is 13.8. The van der Waals surface area contributed by atoms with Gasteiger partial charge in [-0.15, -0.1) is 0 Å². The lowest BCUT2D eigenvalue weighted by atomic mass is 10.3. The molecular formula is C15H15F2N3O2S. The zero-order valence-corrected chi connectivity index (χ0v) is 13.0. The number of nitrogens with zero attached hydrogens (tertiary/aromatic N) is 3. The van der Waals surface area contributed by atoms with E-state index in [4.69, 9.17) is 0 Å². The van der Waals surface area contributed by atoms with Crippen LogP contribution in [-0.4, -0.2) is 43.9 Å². The van der Waals surface area contributed by atoms with Crippen molar-refractivity contribution in [2.75, 3.05) is 31.1 Å². The molecule has 8 heteroatoms. The molecule has 0 bridgehead atoms. The number of halogens is 2. The molecular weight excluding hydrogens is 324 g/mol. The maximum Gasteiger partial charge on any atom is 0.246 e. The molecule has 0 atom stereocenters. The first-order chi connectivity index (χ1) is 11.0. The van der Waals surface area contributed by atoms with Gasteiger partial charge < -0.3 is 4.90 Å². The minimum Gasteiger partial charge on any atom is -0.369 e. The minimum atomic E-state index is -4.04. The van der Waals surface area contributed by atoms with Crippen LogP contribution in [0.3, 0.4) is 0 Å². The van der Waals surface area contributed by atoms with Crippen LogP contribution in [0.2, 0.25) is 0 Å². The van der Waals surface area contributed by atoms with Crippen molar-refractivity contribution < 1.29 is 17.2 Å². The molecule has 0 spiro atoms. The highest BCUT2D eigenvalue weighted by atomic mass is 32.2. The van der Waals surface area contributed by atoms with E-state index in [2.05, 4.69) is 4.98 Å². The summed E-state index contributed by atoms with van der Waals surface area (Å²) in [5.74, 6) is -2.49. The van der Waals surface area contributed by atoms with Gasteiger partial charge in [-0.2, -0.15) is 4.31 Å². The number of benzene rings is 1. The van der Waals surface area contributed by atoms with Crippen LogP contribution in [-0.2, 0) is 10.0 Å². The van der Waals surface area contributed by atoms with Crippen LogP contribution in [0.5, 0.6) is 0 Å². The Balaban J connectivity index is 1.78. The number of hydrogen-bond donors (Lipinski definition) is 0. The first-order valence-electron chi connectivity index (χ1n) is 7.09. The minimum absolute atomic E-state index is 0.209. The van der Waals surface area contributed by atoms with Crippen LogP contribution < -0.4 is 4.90 Å². The van der Waals surface area contributed by atoms with Gasteiger partial charge in [0.1, 0.15) is 4.90 Å². The molecule has 2 aromatic rings. The molecule has 1 aromatic heterocycles. The molecule has 1 aromatic carbocycles. The molecule has 0 radical (unpaired) electrons. The largest absolute Gasteiger partial charge is 0.369 e. The number of sulfonamides is 1. The monoisotopic (exact) mass is 339 g/mol. The topological polar surface area (TPSA) is 53.5 Å². The third-order valence-corrected chi connectivity index (χ3v) is 5.72. The summed E-state index contributed by atoms with van der Waals surface area (Å²) >= 11 is 0. The van der Waals surface area contributed by atoms with E-state index in [1.54, 1.807) is 12.4 Å². The third kappa shape index (κ3) is 3.04. The van der Waals surface area contributed by atoms with E-state index in [1.165, 1.54) is 10.4 Å². The van der Waals surface area contributed by atoms with Crippen LogP contribution in [0.25, 0.3) is 0 Å². The molecule has 5 nitrogen and oxygen atoms in total. The molecule has 0 amide bonds. The molecule has 1 aliphatic heterocycles. The Hall–Kier alpha value is -2.06. The Bertz CT molecular complexity index is 792. The van der Waals surface area contributed by atoms with Crippen LogP contribution in [0.15, 0.2) is 47.6 Å². The van der Waals surface area contributed by atoms with Gasteiger partial charge in [-0.3, -0.25) is 4.98 Å². The number of pyridine rings is 1. The number of anilines is 1. The molecule has 0 saturated carbocycles. The van der Waals surface area contributed by atoms with Crippen molar-refractivity contribution in [2.45, 2.75) is 4.90 Å². The molecule has 1 aliphatic rings. The van der Waals surface area contributed by atoms with Crippen LogP contribution >= 0.6 is 0 Å². The summed E-state index contributed by atoms with van der Waals surface area (Å²) in [5.41, 5.74) is 0.953. The highest BCUT2D eigenvalue weighted by molar-refractivity contribution is 7.89. The van der Waals surface area contributed by atoms with E-state index < -0.39 is 26.6 Å². The zero-order chi connectivity index (χ0) is 16.4. The van der Waals surface area contributed by atoms with E-state index >= 15 is 0 Å². The summed E-state index contributed by atoms with van der Waals surface area (Å²) in [6, 6.07) is 6.87. The van der Waals surface area contributed by atoms with Crippen LogP contribution in [0.1, 0.15) is 0 Å². The highest BCUT2D eigenvalue weighted by Gasteiger charge is 2.31. The number of rotatable bonds is 3. The summed E-state index contributed by atoms with van der Waals surface area (Å²) in [6.07, 6.45) is 3.33. The van der Waals surface area contributed by atoms with Gasteiger partial charge in [0.05, 0.1) is 0 Å². The van der Waals surface area contributed by atoms with Gasteiger partial charge in [-0.05, 0) is 24.3 Å². The summed E-state index contributed by atoms with van der Waals surface area (Å²) in [7, 11) is -4.04. The van der Waals surface area contributed by atoms with Crippen molar-refractivity contribution in [1.82, 2.24) is 9.29 Å². The Labute approximate surface area is 133 Å². The Morgan fingerprint density at radius 1 is 0.957 bits per heavy atom. The molecule has 3 rings (SSSR count). The molecule has 2 heterocycles. The zero-order valence-electron chi connectivity index (χ0n) is 12.2. The summed E-state index contributed by atoms with van der Waals surface area (Å²) in [4.78, 5) is 5.35. The number of hydrogen-bond acceptors (Lipinski definition) is 4. The van der Waals surface area contributed by atoms with E-state index in [9.17, 15) is 17.2 Å². The third-order valence-electron chi connectivity index (χ3n) is 3.80. The Kier molecular flexibility index (Phi) is 4.27. The Morgan fingerprint density at radius 2 is 1.61 bits per heavy atom. The molecule has 0 unspecified atom stereocenters. The number of aromatic nitrogens is 1. The van der Waals surface area contributed by atoms with Gasteiger partial charge in [-0.1, -0.05) is 6.07 Å². The van der Waals surface area contributed by atoms with Crippen molar-refractivity contribution in [2.24, 2.45) is 0 Å². The second-order valence-corrected chi connectivity index (χ2v) is 7.05. The summed E-state index contributed by atoms with van der Waals surface area (Å²) in [6.45, 7) is 1.36. The lowest BCUT2D eigenvalue weighted by Gasteiger charge is -2.35. The van der Waals surface area contributed by atoms with Crippen molar-refractivity contribution in [3.05, 3.63) is 54.4 Å². The predicted octanol–water partition coefficient (Wildman–Crippen LogP) is 1.87. The average Bonchev–Trinajstić information content (AvgIpc) is 2.58. The van der Waals surface area contributed by atoms with E-state index in [-0.39, 0.29) is 13.1 Å². The predicted molar refractivity (Wildman–Crippen MR) is 81.6 cm³/mol. The van der Waals surface area contributed by atoms with Gasteiger partial charge >= 0.3 is 0 Å². The van der Waals surface area contributed by atoms with Crippen LogP contribution in [0, 0.1) is 11.6 Å². The maximum absolute atomic E-state index is 13.8. The molecule has 1 saturated heterocycles. The Morgan fingerprint density at radius 3 is 2.26 bits per heavy atom. The fourth-order valence-electron chi connectivity index (χ4n) is 2.56. The molecule has 23 heavy (non-hydrogen) atoms. The average molecular weight is 339 g/mol. The van der Waals surface area contributed by atoms with Gasteiger partial charge in [0.2, 0.25) is 10.0 Å². The molecule has 1 fully saturated rings. The number of piperazine rings is 1. The van der Waals surface area contributed by atoms with Crippen molar-refractivity contribution >= 4 is 15.7 Å². The fourth-order valence-corrected chi connectivity index (χ4v) is 4.06. The van der Waals surface area contributed by atoms with Gasteiger partial charge in [0.15, 0.2) is 11.6 Å². The van der Waals surface area contributed by atoms with E-state index in [0.29, 0.717) is 13.1 Å². The molecule has 0 N–H and O–H groups in total. The van der Waals surface area contributed by atoms with E-state index in [0.717, 1.165) is 17.8 Å². The molecule has 122 valence electrons. The van der Waals surface area contributed by atoms with Gasteiger partial charge in [-0.25, -0.2) is 17.2 Å². The van der Waals surface area contributed by atoms with Crippen molar-refractivity contribution in [1.29, 1.82) is 0 Å².